The molecule has 1 N–H and O–H groups in total. The van der Waals surface area contributed by atoms with Crippen LogP contribution in [0, 0.1) is 22.7 Å². The van der Waals surface area contributed by atoms with Gasteiger partial charge in [0.1, 0.15) is 30.0 Å². The first-order valence-corrected chi connectivity index (χ1v) is 18.9. The van der Waals surface area contributed by atoms with Gasteiger partial charge in [-0.3, -0.25) is 9.59 Å². The number of Topliss-reactive ketones (excluding diaryl/α,β-unsaturated/α-hetero) is 2. The number of hydrogen-bond acceptors (Lipinski definition) is 9. The Balaban J connectivity index is 1.89. The number of oxazole rings is 2. The minimum Gasteiger partial charge on any atom is -0.494 e. The van der Waals surface area contributed by atoms with Crippen molar-refractivity contribution >= 4 is 17.6 Å². The zero-order valence-electron chi connectivity index (χ0n) is 33.3. The minimum absolute atomic E-state index is 0.0545. The molecule has 9 heteroatoms. The number of aliphatic hydroxyl groups is 1. The van der Waals surface area contributed by atoms with Crippen molar-refractivity contribution in [3.63, 3.8) is 0 Å². The van der Waals surface area contributed by atoms with E-state index in [0.29, 0.717) is 43.2 Å². The molecule has 0 saturated heterocycles. The van der Waals surface area contributed by atoms with Gasteiger partial charge in [0.2, 0.25) is 5.89 Å². The summed E-state index contributed by atoms with van der Waals surface area (Å²) in [5, 5.41) is 11.0. The van der Waals surface area contributed by atoms with Crippen molar-refractivity contribution in [3.8, 4) is 0 Å². The highest BCUT2D eigenvalue weighted by Crippen LogP contribution is 2.38. The molecule has 1 aliphatic rings. The molecule has 0 saturated carbocycles. The van der Waals surface area contributed by atoms with Crippen LogP contribution in [-0.2, 0) is 15.9 Å². The molecular formula is C45H60N2O7. The Bertz CT molecular complexity index is 1710. The third-order valence-electron chi connectivity index (χ3n) is 10.1. The first kappa shape index (κ1) is 43.8. The van der Waals surface area contributed by atoms with Gasteiger partial charge in [0.15, 0.2) is 17.5 Å². The fourth-order valence-electron chi connectivity index (χ4n) is 6.14. The van der Waals surface area contributed by atoms with Gasteiger partial charge in [0.05, 0.1) is 24.9 Å². The number of hydrogen-bond donors (Lipinski definition) is 1. The Morgan fingerprint density at radius 1 is 0.852 bits per heavy atom. The lowest BCUT2D eigenvalue weighted by Crippen LogP contribution is -2.36. The number of aromatic nitrogens is 2. The Labute approximate surface area is 322 Å². The normalized spacial score (nSPS) is 26.2. The van der Waals surface area contributed by atoms with E-state index < -0.39 is 11.5 Å². The van der Waals surface area contributed by atoms with Gasteiger partial charge >= 0.3 is 0 Å². The second-order valence-corrected chi connectivity index (χ2v) is 15.0. The number of fused-ring (bicyclic) bond motifs is 4. The standard InChI is InChI=1S/C45H60N2O7/c1-9-11-26-44(4,5)34-23-19-21-33(3)52-27-18-17-25-42-46-37(31-53-42)40(49)29-35(45(6,7)41(50)20-10-2)22-15-13-12-14-16-24-36(51-8)30-43-47-38(32-54-43)39(48)28-34/h9-21,24-25,27,31-36,41,50H,22-23,26,28-30H2,1-8H3/b11-9+,14-12-,15-13-,20-10+,21-19-,24-16+,25-17-,27-18+/t33-,34-,35?,36+,41+/m1/s1. The van der Waals surface area contributed by atoms with Crippen molar-refractivity contribution in [2.45, 2.75) is 105 Å². The van der Waals surface area contributed by atoms with Crippen LogP contribution in [0.5, 0.6) is 0 Å². The van der Waals surface area contributed by atoms with Gasteiger partial charge in [-0.1, -0.05) is 101 Å². The fourth-order valence-corrected chi connectivity index (χ4v) is 6.14. The maximum atomic E-state index is 13.5. The Morgan fingerprint density at radius 2 is 1.54 bits per heavy atom. The lowest BCUT2D eigenvalue weighted by atomic mass is 9.70. The summed E-state index contributed by atoms with van der Waals surface area (Å²) in [6, 6.07) is 0. The van der Waals surface area contributed by atoms with Crippen molar-refractivity contribution in [1.29, 1.82) is 0 Å². The SMILES string of the molecule is C/C=C/CC(C)(C)[C@@H]1C/C=C\[C@@H](C)O/C=C/C=C\c2nc(co2)C(=O)CC(C(C)(C)[C@@H](O)/C=C/C)C\C=C/C=C\C=C\[C@H](OC)Cc2nc(co2)C(=O)C1. The number of ether oxygens (including phenoxy) is 2. The zero-order valence-corrected chi connectivity index (χ0v) is 33.3. The van der Waals surface area contributed by atoms with Crippen LogP contribution in [0.2, 0.25) is 0 Å². The quantitative estimate of drug-likeness (QED) is 0.276. The highest BCUT2D eigenvalue weighted by molar-refractivity contribution is 5.94. The van der Waals surface area contributed by atoms with E-state index in [2.05, 4.69) is 36.0 Å². The van der Waals surface area contributed by atoms with Gasteiger partial charge in [-0.25, -0.2) is 9.97 Å². The first-order chi connectivity index (χ1) is 25.8. The summed E-state index contributed by atoms with van der Waals surface area (Å²) in [4.78, 5) is 35.9. The van der Waals surface area contributed by atoms with E-state index in [1.54, 1.807) is 37.7 Å². The fraction of sp³-hybridized carbons (Fsp3) is 0.467. The number of nitrogens with zero attached hydrogens (tertiary/aromatic N) is 2. The van der Waals surface area contributed by atoms with E-state index >= 15 is 0 Å². The lowest BCUT2D eigenvalue weighted by Gasteiger charge is -2.36. The molecular weight excluding hydrogens is 681 g/mol. The van der Waals surface area contributed by atoms with E-state index in [1.807, 2.05) is 89.3 Å². The summed E-state index contributed by atoms with van der Waals surface area (Å²) in [5.41, 5.74) is -0.176. The molecule has 0 amide bonds. The first-order valence-electron chi connectivity index (χ1n) is 18.9. The van der Waals surface area contributed by atoms with Crippen LogP contribution >= 0.6 is 0 Å². The average Bonchev–Trinajstić information content (AvgIpc) is 3.82. The predicted molar refractivity (Wildman–Crippen MR) is 215 cm³/mol. The summed E-state index contributed by atoms with van der Waals surface area (Å²) in [7, 11) is 1.62. The molecule has 3 heterocycles. The topological polar surface area (TPSA) is 125 Å². The molecule has 1 aliphatic heterocycles. The van der Waals surface area contributed by atoms with Crippen LogP contribution in [-0.4, -0.2) is 52.1 Å². The molecule has 1 unspecified atom stereocenters. The molecule has 9 nitrogen and oxygen atoms in total. The molecule has 0 aliphatic carbocycles. The molecule has 4 bridgehead atoms. The monoisotopic (exact) mass is 740 g/mol. The molecule has 2 aromatic rings. The Kier molecular flexibility index (Phi) is 17.8. The summed E-state index contributed by atoms with van der Waals surface area (Å²) >= 11 is 0. The Morgan fingerprint density at radius 3 is 2.26 bits per heavy atom. The number of allylic oxidation sites excluding steroid dienone is 11. The third-order valence-corrected chi connectivity index (χ3v) is 10.1. The zero-order chi connectivity index (χ0) is 39.6. The van der Waals surface area contributed by atoms with Gasteiger partial charge in [-0.15, -0.1) is 0 Å². The van der Waals surface area contributed by atoms with Crippen molar-refractivity contribution in [2.75, 3.05) is 7.11 Å². The molecule has 3 rings (SSSR count). The smallest absolute Gasteiger partial charge is 0.219 e. The minimum atomic E-state index is -0.737. The van der Waals surface area contributed by atoms with Crippen molar-refractivity contribution in [3.05, 3.63) is 127 Å². The highest BCUT2D eigenvalue weighted by Gasteiger charge is 2.36. The van der Waals surface area contributed by atoms with Gasteiger partial charge in [-0.05, 0) is 74.9 Å². The molecule has 54 heavy (non-hydrogen) atoms. The number of carbonyl (C=O) groups is 2. The van der Waals surface area contributed by atoms with Crippen LogP contribution in [0.4, 0.5) is 0 Å². The summed E-state index contributed by atoms with van der Waals surface area (Å²) in [6.07, 6.45) is 34.6. The van der Waals surface area contributed by atoms with Crippen LogP contribution in [0.1, 0.15) is 113 Å². The van der Waals surface area contributed by atoms with Crippen molar-refractivity contribution in [2.24, 2.45) is 22.7 Å². The highest BCUT2D eigenvalue weighted by atomic mass is 16.5. The number of methoxy groups -OCH3 is 1. The number of rotatable bonds is 7. The maximum absolute atomic E-state index is 13.5. The summed E-state index contributed by atoms with van der Waals surface area (Å²) in [5.74, 6) is 0.391. The third kappa shape index (κ3) is 14.0. The number of ketones is 2. The summed E-state index contributed by atoms with van der Waals surface area (Å²) < 4.78 is 22.8. The van der Waals surface area contributed by atoms with Crippen LogP contribution in [0.25, 0.3) is 6.08 Å². The molecule has 0 fully saturated rings. The average molecular weight is 741 g/mol. The molecule has 292 valence electrons. The van der Waals surface area contributed by atoms with E-state index in [4.69, 9.17) is 18.3 Å². The Hall–Kier alpha value is -4.60. The second-order valence-electron chi connectivity index (χ2n) is 15.0. The van der Waals surface area contributed by atoms with Gasteiger partial charge < -0.3 is 23.4 Å². The number of aliphatic hydroxyl groups excluding tert-OH is 1. The second kappa shape index (κ2) is 21.9. The van der Waals surface area contributed by atoms with E-state index in [1.165, 1.54) is 12.5 Å². The predicted octanol–water partition coefficient (Wildman–Crippen LogP) is 10.2. The van der Waals surface area contributed by atoms with Crippen molar-refractivity contribution in [1.82, 2.24) is 9.97 Å². The molecule has 5 atom stereocenters. The molecule has 0 radical (unpaired) electrons. The van der Waals surface area contributed by atoms with E-state index in [0.717, 1.165) is 6.42 Å². The van der Waals surface area contributed by atoms with E-state index in [-0.39, 0.29) is 53.1 Å². The van der Waals surface area contributed by atoms with Crippen LogP contribution in [0.3, 0.4) is 0 Å². The largest absolute Gasteiger partial charge is 0.494 e. The van der Waals surface area contributed by atoms with Crippen molar-refractivity contribution < 1.29 is 33.0 Å². The molecule has 0 aromatic carbocycles. The molecule has 0 spiro atoms. The van der Waals surface area contributed by atoms with Crippen LogP contribution < -0.4 is 0 Å². The molecule has 2 aromatic heterocycles. The summed E-state index contributed by atoms with van der Waals surface area (Å²) in [6.45, 7) is 14.1. The van der Waals surface area contributed by atoms with Gasteiger partial charge in [0.25, 0.3) is 0 Å². The van der Waals surface area contributed by atoms with E-state index in [9.17, 15) is 14.7 Å². The van der Waals surface area contributed by atoms with Gasteiger partial charge in [-0.2, -0.15) is 0 Å². The van der Waals surface area contributed by atoms with Crippen LogP contribution in [0.15, 0.2) is 113 Å². The maximum Gasteiger partial charge on any atom is 0.219 e. The van der Waals surface area contributed by atoms with Gasteiger partial charge in [0, 0.05) is 26.0 Å². The lowest BCUT2D eigenvalue weighted by molar-refractivity contribution is 0.0357. The number of carbonyl (C=O) groups excluding carboxylic acids is 2.